The van der Waals surface area contributed by atoms with Gasteiger partial charge in [0.15, 0.2) is 0 Å². The van der Waals surface area contributed by atoms with Gasteiger partial charge < -0.3 is 15.0 Å². The van der Waals surface area contributed by atoms with E-state index in [1.54, 1.807) is 0 Å². The minimum absolute atomic E-state index is 0.0724. The number of nitrogens with zero attached hydrogens (tertiary/aromatic N) is 2. The summed E-state index contributed by atoms with van der Waals surface area (Å²) in [5.74, 6) is -0.748. The van der Waals surface area contributed by atoms with Gasteiger partial charge in [-0.2, -0.15) is 13.2 Å². The van der Waals surface area contributed by atoms with Gasteiger partial charge in [-0.3, -0.25) is 4.79 Å². The number of halogens is 3. The molecule has 0 aliphatic heterocycles. The van der Waals surface area contributed by atoms with Crippen LogP contribution in [0.4, 0.5) is 13.2 Å². The molecule has 2 N–H and O–H groups in total. The predicted molar refractivity (Wildman–Crippen MR) is 84.0 cm³/mol. The fraction of sp³-hybridized carbons (Fsp3) is 0.750. The lowest BCUT2D eigenvalue weighted by Crippen LogP contribution is -2.46. The summed E-state index contributed by atoms with van der Waals surface area (Å²) in [6, 6.07) is 0. The fourth-order valence-corrected chi connectivity index (χ4v) is 2.18. The summed E-state index contributed by atoms with van der Waals surface area (Å²) < 4.78 is 41.1. The third-order valence-corrected chi connectivity index (χ3v) is 4.44. The number of nitrogens with one attached hydrogen (secondary N) is 1. The summed E-state index contributed by atoms with van der Waals surface area (Å²) in [7, 11) is 1.38. The minimum atomic E-state index is -4.89. The highest BCUT2D eigenvalue weighted by Gasteiger charge is 2.57. The highest BCUT2D eigenvalue weighted by atomic mass is 19.4. The molecular weight excluding hydrogens is 323 g/mol. The van der Waals surface area contributed by atoms with Gasteiger partial charge in [0.2, 0.25) is 11.5 Å². The van der Waals surface area contributed by atoms with Gasteiger partial charge in [0.1, 0.15) is 5.82 Å². The second-order valence-corrected chi connectivity index (χ2v) is 7.29. The number of hydrogen-bond acceptors (Lipinski definition) is 3. The molecule has 1 heterocycles. The molecule has 8 heteroatoms. The van der Waals surface area contributed by atoms with Gasteiger partial charge >= 0.3 is 6.18 Å². The zero-order valence-electron chi connectivity index (χ0n) is 14.7. The number of aromatic nitrogens is 2. The number of carbonyl (C=O) groups is 1. The average Bonchev–Trinajstić information content (AvgIpc) is 2.82. The van der Waals surface area contributed by atoms with Crippen molar-refractivity contribution in [2.45, 2.75) is 52.3 Å². The standard InChI is InChI=1S/C16H26F3N3O2/c1-11(14(2,3)4)10-12(23)20-7-6-15(24,16(17,18)19)13-21-8-9-22(13)5/h8-9,11,24H,6-7,10H2,1-5H3,(H,20,23). The summed E-state index contributed by atoms with van der Waals surface area (Å²) in [6.07, 6.45) is -2.85. The smallest absolute Gasteiger partial charge is 0.374 e. The molecule has 2 unspecified atom stereocenters. The summed E-state index contributed by atoms with van der Waals surface area (Å²) >= 11 is 0. The third-order valence-electron chi connectivity index (χ3n) is 4.44. The van der Waals surface area contributed by atoms with Gasteiger partial charge in [-0.15, -0.1) is 0 Å². The second-order valence-electron chi connectivity index (χ2n) is 7.29. The molecule has 0 saturated carbocycles. The first-order valence-corrected chi connectivity index (χ1v) is 7.82. The number of aliphatic hydroxyl groups is 1. The van der Waals surface area contributed by atoms with Gasteiger partial charge in [-0.05, 0) is 11.3 Å². The Hall–Kier alpha value is -1.57. The third kappa shape index (κ3) is 4.72. The van der Waals surface area contributed by atoms with Crippen molar-refractivity contribution >= 4 is 5.91 Å². The number of aryl methyl sites for hydroxylation is 1. The number of imidazole rings is 1. The van der Waals surface area contributed by atoms with E-state index in [1.165, 1.54) is 19.4 Å². The molecule has 0 spiro atoms. The van der Waals surface area contributed by atoms with E-state index in [0.717, 1.165) is 4.57 Å². The maximum absolute atomic E-state index is 13.3. The number of alkyl halides is 3. The van der Waals surface area contributed by atoms with Crippen LogP contribution in [0.25, 0.3) is 0 Å². The van der Waals surface area contributed by atoms with Crippen LogP contribution in [0.5, 0.6) is 0 Å². The van der Waals surface area contributed by atoms with E-state index >= 15 is 0 Å². The number of rotatable bonds is 6. The Morgan fingerprint density at radius 2 is 1.96 bits per heavy atom. The Morgan fingerprint density at radius 1 is 1.38 bits per heavy atom. The monoisotopic (exact) mass is 349 g/mol. The Bertz CT molecular complexity index is 564. The van der Waals surface area contributed by atoms with E-state index in [9.17, 15) is 23.1 Å². The fourth-order valence-electron chi connectivity index (χ4n) is 2.18. The molecule has 0 saturated heterocycles. The first-order chi connectivity index (χ1) is 10.8. The highest BCUT2D eigenvalue weighted by molar-refractivity contribution is 5.76. The van der Waals surface area contributed by atoms with Crippen molar-refractivity contribution < 1.29 is 23.1 Å². The van der Waals surface area contributed by atoms with Crippen LogP contribution in [-0.4, -0.2) is 33.3 Å². The van der Waals surface area contributed by atoms with Crippen LogP contribution in [0.15, 0.2) is 12.4 Å². The van der Waals surface area contributed by atoms with Crippen molar-refractivity contribution in [1.82, 2.24) is 14.9 Å². The number of amides is 1. The van der Waals surface area contributed by atoms with Crippen molar-refractivity contribution in [2.75, 3.05) is 6.54 Å². The molecule has 0 bridgehead atoms. The molecule has 1 aromatic rings. The molecule has 138 valence electrons. The van der Waals surface area contributed by atoms with Crippen molar-refractivity contribution in [2.24, 2.45) is 18.4 Å². The molecule has 2 atom stereocenters. The SMILES string of the molecule is CC(CC(=O)NCCC(O)(c1nccn1C)C(F)(F)F)C(C)(C)C. The Balaban J connectivity index is 2.72. The molecule has 0 aliphatic rings. The predicted octanol–water partition coefficient (Wildman–Crippen LogP) is 2.75. The van der Waals surface area contributed by atoms with Crippen LogP contribution in [-0.2, 0) is 17.4 Å². The summed E-state index contributed by atoms with van der Waals surface area (Å²) in [5.41, 5.74) is -3.18. The molecule has 0 aromatic carbocycles. The van der Waals surface area contributed by atoms with Crippen molar-refractivity contribution in [3.63, 3.8) is 0 Å². The van der Waals surface area contributed by atoms with Crippen LogP contribution >= 0.6 is 0 Å². The number of hydrogen-bond donors (Lipinski definition) is 2. The highest BCUT2D eigenvalue weighted by Crippen LogP contribution is 2.40. The summed E-state index contributed by atoms with van der Waals surface area (Å²) in [4.78, 5) is 15.5. The molecule has 0 fully saturated rings. The lowest BCUT2D eigenvalue weighted by molar-refractivity contribution is -0.272. The molecular formula is C16H26F3N3O2. The van der Waals surface area contributed by atoms with Gasteiger partial charge in [0.05, 0.1) is 0 Å². The van der Waals surface area contributed by atoms with Crippen LogP contribution < -0.4 is 5.32 Å². The zero-order chi connectivity index (χ0) is 18.8. The van der Waals surface area contributed by atoms with Crippen molar-refractivity contribution in [1.29, 1.82) is 0 Å². The number of carbonyl (C=O) groups excluding carboxylic acids is 1. The van der Waals surface area contributed by atoms with Gasteiger partial charge in [0, 0.05) is 38.8 Å². The topological polar surface area (TPSA) is 67.2 Å². The van der Waals surface area contributed by atoms with E-state index in [0.29, 0.717) is 0 Å². The van der Waals surface area contributed by atoms with Gasteiger partial charge in [0.25, 0.3) is 0 Å². The molecule has 0 radical (unpaired) electrons. The van der Waals surface area contributed by atoms with Gasteiger partial charge in [-0.25, -0.2) is 4.98 Å². The molecule has 5 nitrogen and oxygen atoms in total. The quantitative estimate of drug-likeness (QED) is 0.830. The lowest BCUT2D eigenvalue weighted by atomic mass is 9.80. The molecule has 1 rings (SSSR count). The van der Waals surface area contributed by atoms with E-state index < -0.39 is 24.0 Å². The van der Waals surface area contributed by atoms with Crippen LogP contribution in [0, 0.1) is 11.3 Å². The normalized spacial score (nSPS) is 16.5. The minimum Gasteiger partial charge on any atom is -0.374 e. The Labute approximate surface area is 140 Å². The van der Waals surface area contributed by atoms with E-state index in [4.69, 9.17) is 0 Å². The second kappa shape index (κ2) is 7.13. The Kier molecular flexibility index (Phi) is 6.08. The summed E-state index contributed by atoms with van der Waals surface area (Å²) in [5, 5.41) is 12.6. The van der Waals surface area contributed by atoms with Crippen molar-refractivity contribution in [3.8, 4) is 0 Å². The maximum atomic E-state index is 13.3. The molecule has 1 aromatic heterocycles. The van der Waals surface area contributed by atoms with Crippen LogP contribution in [0.1, 0.15) is 46.4 Å². The zero-order valence-corrected chi connectivity index (χ0v) is 14.7. The van der Waals surface area contributed by atoms with Gasteiger partial charge in [-0.1, -0.05) is 27.7 Å². The summed E-state index contributed by atoms with van der Waals surface area (Å²) in [6.45, 7) is 7.61. The molecule has 1 amide bonds. The molecule has 0 aliphatic carbocycles. The largest absolute Gasteiger partial charge is 0.424 e. The first-order valence-electron chi connectivity index (χ1n) is 7.82. The first kappa shape index (κ1) is 20.5. The van der Waals surface area contributed by atoms with E-state index in [-0.39, 0.29) is 30.2 Å². The van der Waals surface area contributed by atoms with E-state index in [2.05, 4.69) is 10.3 Å². The molecule has 24 heavy (non-hydrogen) atoms. The van der Waals surface area contributed by atoms with Crippen molar-refractivity contribution in [3.05, 3.63) is 18.2 Å². The maximum Gasteiger partial charge on any atom is 0.424 e. The Morgan fingerprint density at radius 3 is 2.38 bits per heavy atom. The van der Waals surface area contributed by atoms with E-state index in [1.807, 2.05) is 27.7 Å². The average molecular weight is 349 g/mol. The van der Waals surface area contributed by atoms with Crippen LogP contribution in [0.2, 0.25) is 0 Å². The lowest BCUT2D eigenvalue weighted by Gasteiger charge is -2.30. The van der Waals surface area contributed by atoms with Crippen LogP contribution in [0.3, 0.4) is 0 Å².